The van der Waals surface area contributed by atoms with Crippen LogP contribution in [-0.4, -0.2) is 45.3 Å². The third-order valence-corrected chi connectivity index (χ3v) is 7.16. The van der Waals surface area contributed by atoms with E-state index in [9.17, 15) is 14.3 Å². The standard InChI is InChI=1S/C21H19FN2O3S2/c1-27-16-4-6-17(7-5-16)28-11-19-24-21(12-29-19,20(25)26)10-15-8-13-2-3-14(22)9-18(13)23-15/h2-9,23H,10-12H2,1H3,(H,25,26). The molecule has 1 aliphatic rings. The van der Waals surface area contributed by atoms with Crippen molar-refractivity contribution >= 4 is 45.4 Å². The summed E-state index contributed by atoms with van der Waals surface area (Å²) in [7, 11) is 1.63. The van der Waals surface area contributed by atoms with Crippen LogP contribution < -0.4 is 4.74 Å². The first-order valence-electron chi connectivity index (χ1n) is 8.96. The smallest absolute Gasteiger partial charge is 0.332 e. The lowest BCUT2D eigenvalue weighted by atomic mass is 9.96. The Kier molecular flexibility index (Phi) is 5.56. The van der Waals surface area contributed by atoms with Gasteiger partial charge < -0.3 is 14.8 Å². The van der Waals surface area contributed by atoms with Crippen LogP contribution in [0, 0.1) is 5.82 Å². The van der Waals surface area contributed by atoms with Crippen molar-refractivity contribution in [2.75, 3.05) is 18.6 Å². The summed E-state index contributed by atoms with van der Waals surface area (Å²) in [5.74, 6) is 0.518. The van der Waals surface area contributed by atoms with Crippen LogP contribution in [0.15, 0.2) is 58.4 Å². The number of benzene rings is 2. The van der Waals surface area contributed by atoms with E-state index in [0.29, 0.717) is 17.0 Å². The molecule has 0 fully saturated rings. The fourth-order valence-electron chi connectivity index (χ4n) is 3.24. The van der Waals surface area contributed by atoms with Crippen molar-refractivity contribution in [2.45, 2.75) is 16.9 Å². The Morgan fingerprint density at radius 1 is 1.31 bits per heavy atom. The summed E-state index contributed by atoms with van der Waals surface area (Å²) in [5.41, 5.74) is 0.187. The van der Waals surface area contributed by atoms with E-state index < -0.39 is 11.5 Å². The number of aromatic amines is 1. The fraction of sp³-hybridized carbons (Fsp3) is 0.238. The Morgan fingerprint density at radius 3 is 2.83 bits per heavy atom. The van der Waals surface area contributed by atoms with E-state index in [2.05, 4.69) is 9.98 Å². The highest BCUT2D eigenvalue weighted by Gasteiger charge is 2.43. The first kappa shape index (κ1) is 19.8. The predicted molar refractivity (Wildman–Crippen MR) is 116 cm³/mol. The molecule has 1 atom stereocenters. The second-order valence-corrected chi connectivity index (χ2v) is 8.90. The summed E-state index contributed by atoms with van der Waals surface area (Å²) in [4.78, 5) is 20.9. The summed E-state index contributed by atoms with van der Waals surface area (Å²) >= 11 is 3.09. The van der Waals surface area contributed by atoms with Crippen molar-refractivity contribution in [1.82, 2.24) is 4.98 Å². The van der Waals surface area contributed by atoms with Crippen LogP contribution >= 0.6 is 23.5 Å². The average molecular weight is 431 g/mol. The van der Waals surface area contributed by atoms with Crippen LogP contribution in [0.5, 0.6) is 5.75 Å². The van der Waals surface area contributed by atoms with Gasteiger partial charge in [0, 0.05) is 34.0 Å². The molecule has 0 saturated heterocycles. The number of carboxylic acid groups (broad SMARTS) is 1. The number of carboxylic acids is 1. The van der Waals surface area contributed by atoms with Crippen LogP contribution in [0.1, 0.15) is 5.69 Å². The number of halogens is 1. The molecule has 4 rings (SSSR count). The molecule has 1 aliphatic heterocycles. The fourth-order valence-corrected chi connectivity index (χ4v) is 5.37. The molecule has 0 aliphatic carbocycles. The molecule has 0 radical (unpaired) electrons. The van der Waals surface area contributed by atoms with Gasteiger partial charge in [0.15, 0.2) is 5.54 Å². The van der Waals surface area contributed by atoms with E-state index in [-0.39, 0.29) is 12.2 Å². The number of nitrogens with zero attached hydrogens (tertiary/aromatic N) is 1. The monoisotopic (exact) mass is 430 g/mol. The lowest BCUT2D eigenvalue weighted by Gasteiger charge is -2.19. The number of rotatable bonds is 7. The van der Waals surface area contributed by atoms with Crippen LogP contribution in [0.25, 0.3) is 10.9 Å². The summed E-state index contributed by atoms with van der Waals surface area (Å²) in [6.07, 6.45) is 0.238. The molecule has 5 nitrogen and oxygen atoms in total. The summed E-state index contributed by atoms with van der Waals surface area (Å²) in [6.45, 7) is 0. The molecule has 3 aromatic rings. The van der Waals surface area contributed by atoms with Gasteiger partial charge in [0.25, 0.3) is 0 Å². The van der Waals surface area contributed by atoms with Gasteiger partial charge in [-0.1, -0.05) is 0 Å². The minimum atomic E-state index is -1.21. The number of nitrogens with one attached hydrogen (secondary N) is 1. The topological polar surface area (TPSA) is 74.7 Å². The highest BCUT2D eigenvalue weighted by atomic mass is 32.2. The Morgan fingerprint density at radius 2 is 2.10 bits per heavy atom. The van der Waals surface area contributed by atoms with Crippen molar-refractivity contribution in [3.05, 3.63) is 60.0 Å². The highest BCUT2D eigenvalue weighted by Crippen LogP contribution is 2.34. The van der Waals surface area contributed by atoms with Crippen molar-refractivity contribution in [3.8, 4) is 5.75 Å². The van der Waals surface area contributed by atoms with Crippen LogP contribution in [0.3, 0.4) is 0 Å². The number of ether oxygens (including phenoxy) is 1. The minimum Gasteiger partial charge on any atom is -0.497 e. The van der Waals surface area contributed by atoms with Gasteiger partial charge in [-0.05, 0) is 53.9 Å². The SMILES string of the molecule is COc1ccc(SCC2=NC(Cc3cc4ccc(F)cc4[nH]3)(C(=O)O)CS2)cc1. The van der Waals surface area contributed by atoms with Gasteiger partial charge in [0.1, 0.15) is 11.6 Å². The van der Waals surface area contributed by atoms with Crippen molar-refractivity contribution in [3.63, 3.8) is 0 Å². The summed E-state index contributed by atoms with van der Waals surface area (Å²) in [5, 5.41) is 11.6. The molecule has 0 spiro atoms. The molecule has 1 aromatic heterocycles. The number of aliphatic carboxylic acids is 1. The first-order valence-corrected chi connectivity index (χ1v) is 10.9. The van der Waals surface area contributed by atoms with Gasteiger partial charge in [-0.3, -0.25) is 4.99 Å². The van der Waals surface area contributed by atoms with Crippen LogP contribution in [0.4, 0.5) is 4.39 Å². The molecule has 29 heavy (non-hydrogen) atoms. The molecule has 2 heterocycles. The molecular weight excluding hydrogens is 411 g/mol. The second-order valence-electron chi connectivity index (χ2n) is 6.80. The maximum absolute atomic E-state index is 13.4. The van der Waals surface area contributed by atoms with E-state index in [1.165, 1.54) is 23.9 Å². The predicted octanol–water partition coefficient (Wildman–Crippen LogP) is 4.62. The zero-order valence-corrected chi connectivity index (χ0v) is 17.3. The van der Waals surface area contributed by atoms with Gasteiger partial charge in [-0.25, -0.2) is 9.18 Å². The van der Waals surface area contributed by atoms with E-state index in [0.717, 1.165) is 26.8 Å². The number of methoxy groups -OCH3 is 1. The molecule has 1 unspecified atom stereocenters. The molecule has 8 heteroatoms. The molecule has 2 N–H and O–H groups in total. The van der Waals surface area contributed by atoms with Crippen LogP contribution in [-0.2, 0) is 11.2 Å². The number of aromatic nitrogens is 1. The first-order chi connectivity index (χ1) is 14.0. The van der Waals surface area contributed by atoms with E-state index >= 15 is 0 Å². The van der Waals surface area contributed by atoms with Crippen molar-refractivity contribution < 1.29 is 19.0 Å². The van der Waals surface area contributed by atoms with Gasteiger partial charge in [0.05, 0.1) is 12.2 Å². The number of H-pyrrole nitrogens is 1. The number of thioether (sulfide) groups is 2. The maximum atomic E-state index is 13.4. The average Bonchev–Trinajstić information content (AvgIpc) is 3.31. The Bertz CT molecular complexity index is 1080. The maximum Gasteiger partial charge on any atom is 0.332 e. The Hall–Kier alpha value is -2.45. The molecule has 2 aromatic carbocycles. The molecular formula is C21H19FN2O3S2. The van der Waals surface area contributed by atoms with Gasteiger partial charge in [-0.15, -0.1) is 23.5 Å². The Labute approximate surface area is 175 Å². The molecule has 0 bridgehead atoms. The van der Waals surface area contributed by atoms with Gasteiger partial charge in [-0.2, -0.15) is 0 Å². The zero-order chi connectivity index (χ0) is 20.4. The highest BCUT2D eigenvalue weighted by molar-refractivity contribution is 8.16. The largest absolute Gasteiger partial charge is 0.497 e. The van der Waals surface area contributed by atoms with E-state index in [1.54, 1.807) is 24.9 Å². The second kappa shape index (κ2) is 8.12. The number of aliphatic imine (C=N–C) groups is 1. The van der Waals surface area contributed by atoms with Crippen molar-refractivity contribution in [2.24, 2.45) is 4.99 Å². The lowest BCUT2D eigenvalue weighted by molar-refractivity contribution is -0.142. The third kappa shape index (κ3) is 4.28. The normalized spacial score (nSPS) is 18.8. The third-order valence-electron chi connectivity index (χ3n) is 4.76. The quantitative estimate of drug-likeness (QED) is 0.535. The molecule has 0 amide bonds. The number of carbonyl (C=O) groups is 1. The summed E-state index contributed by atoms with van der Waals surface area (Å²) in [6, 6.07) is 14.1. The van der Waals surface area contributed by atoms with E-state index in [1.807, 2.05) is 30.3 Å². The number of hydrogen-bond acceptors (Lipinski definition) is 5. The molecule has 0 saturated carbocycles. The Balaban J connectivity index is 1.50. The number of hydrogen-bond donors (Lipinski definition) is 2. The minimum absolute atomic E-state index is 0.238. The summed E-state index contributed by atoms with van der Waals surface area (Å²) < 4.78 is 18.6. The zero-order valence-electron chi connectivity index (χ0n) is 15.6. The van der Waals surface area contributed by atoms with Gasteiger partial charge in [0.2, 0.25) is 0 Å². The van der Waals surface area contributed by atoms with Gasteiger partial charge >= 0.3 is 5.97 Å². The van der Waals surface area contributed by atoms with Crippen molar-refractivity contribution in [1.29, 1.82) is 0 Å². The lowest BCUT2D eigenvalue weighted by Crippen LogP contribution is -2.39. The number of fused-ring (bicyclic) bond motifs is 1. The molecule has 150 valence electrons. The van der Waals surface area contributed by atoms with E-state index in [4.69, 9.17) is 4.74 Å². The van der Waals surface area contributed by atoms with Crippen LogP contribution in [0.2, 0.25) is 0 Å².